The van der Waals surface area contributed by atoms with Gasteiger partial charge in [-0.1, -0.05) is 6.07 Å². The van der Waals surface area contributed by atoms with Gasteiger partial charge in [-0.2, -0.15) is 10.5 Å². The van der Waals surface area contributed by atoms with Gasteiger partial charge in [-0.25, -0.2) is 18.7 Å². The Hall–Kier alpha value is -4.57. The van der Waals surface area contributed by atoms with Gasteiger partial charge in [-0.15, -0.1) is 0 Å². The number of rotatable bonds is 6. The molecule has 0 bridgehead atoms. The summed E-state index contributed by atoms with van der Waals surface area (Å²) in [6.45, 7) is 4.01. The number of nitriles is 2. The molecule has 40 heavy (non-hydrogen) atoms. The number of halogens is 2. The number of likely N-dealkylation sites (tertiary alicyclic amines) is 1. The zero-order valence-electron chi connectivity index (χ0n) is 22.0. The lowest BCUT2D eigenvalue weighted by molar-refractivity contribution is -0.135. The molecule has 0 N–H and O–H groups in total. The van der Waals surface area contributed by atoms with E-state index in [1.165, 1.54) is 12.3 Å². The summed E-state index contributed by atoms with van der Waals surface area (Å²) in [5, 5.41) is 18.0. The van der Waals surface area contributed by atoms with Crippen LogP contribution in [0.3, 0.4) is 0 Å². The fourth-order valence-corrected chi connectivity index (χ4v) is 5.63. The van der Waals surface area contributed by atoms with Crippen molar-refractivity contribution in [2.24, 2.45) is 11.8 Å². The molecule has 2 saturated heterocycles. The fraction of sp³-hybridized carbons (Fsp3) is 0.367. The van der Waals surface area contributed by atoms with Gasteiger partial charge < -0.3 is 14.5 Å². The summed E-state index contributed by atoms with van der Waals surface area (Å²) in [6.07, 6.45) is 3.92. The van der Waals surface area contributed by atoms with Crippen molar-refractivity contribution in [3.63, 3.8) is 0 Å². The van der Waals surface area contributed by atoms with Crippen LogP contribution in [0.5, 0.6) is 5.88 Å². The number of hydrogen-bond donors (Lipinski definition) is 0. The maximum atomic E-state index is 14.2. The van der Waals surface area contributed by atoms with E-state index < -0.39 is 11.6 Å². The van der Waals surface area contributed by atoms with E-state index >= 15 is 0 Å². The Bertz CT molecular complexity index is 1440. The number of piperidine rings is 1. The van der Waals surface area contributed by atoms with Gasteiger partial charge in [-0.05, 0) is 55.7 Å². The average molecular weight is 543 g/mol. The van der Waals surface area contributed by atoms with Crippen molar-refractivity contribution in [3.8, 4) is 18.0 Å². The standard InChI is InChI=1S/C30H28F2N6O2/c1-19(40-29-7-3-21(14-34)16-36-29)24-17-38(18-25(24)23-4-5-26(31)27(32)12-23)30(39)22-8-10-37(11-9-22)28-6-2-20(13-33)15-35-28/h2-7,12,15-16,19,22,24-25H,8-11,17-18H2,1H3/t19-,24+,25+/m0/s1. The topological polar surface area (TPSA) is 106 Å². The van der Waals surface area contributed by atoms with Crippen LogP contribution in [0, 0.1) is 46.1 Å². The van der Waals surface area contributed by atoms with E-state index in [-0.39, 0.29) is 29.8 Å². The molecule has 0 radical (unpaired) electrons. The van der Waals surface area contributed by atoms with E-state index in [1.54, 1.807) is 30.5 Å². The SMILES string of the molecule is C[C@H](Oc1ccc(C#N)cn1)[C@H]1CN(C(=O)C2CCN(c3ccc(C#N)cn3)CC2)C[C@@H]1c1ccc(F)c(F)c1. The van der Waals surface area contributed by atoms with Gasteiger partial charge in [0, 0.05) is 62.4 Å². The van der Waals surface area contributed by atoms with E-state index in [0.29, 0.717) is 61.6 Å². The average Bonchev–Trinajstić information content (AvgIpc) is 3.44. The third-order valence-corrected chi connectivity index (χ3v) is 7.87. The Labute approximate surface area is 231 Å². The van der Waals surface area contributed by atoms with Gasteiger partial charge in [0.1, 0.15) is 24.1 Å². The molecule has 2 fully saturated rings. The molecule has 2 aliphatic heterocycles. The maximum absolute atomic E-state index is 14.2. The highest BCUT2D eigenvalue weighted by atomic mass is 19.2. The molecule has 2 aliphatic rings. The predicted octanol–water partition coefficient (Wildman–Crippen LogP) is 4.42. The van der Waals surface area contributed by atoms with Gasteiger partial charge in [0.05, 0.1) is 11.1 Å². The first kappa shape index (κ1) is 27.0. The second-order valence-corrected chi connectivity index (χ2v) is 10.3. The lowest BCUT2D eigenvalue weighted by Gasteiger charge is -2.34. The zero-order valence-corrected chi connectivity index (χ0v) is 22.0. The van der Waals surface area contributed by atoms with Crippen LogP contribution < -0.4 is 9.64 Å². The van der Waals surface area contributed by atoms with Crippen LogP contribution in [-0.2, 0) is 4.79 Å². The normalized spacial score (nSPS) is 20.0. The number of hydrogen-bond acceptors (Lipinski definition) is 7. The van der Waals surface area contributed by atoms with Crippen LogP contribution in [0.4, 0.5) is 14.6 Å². The molecule has 5 rings (SSSR count). The van der Waals surface area contributed by atoms with Crippen LogP contribution in [0.15, 0.2) is 54.9 Å². The van der Waals surface area contributed by atoms with Gasteiger partial charge in [0.25, 0.3) is 0 Å². The number of amides is 1. The van der Waals surface area contributed by atoms with Gasteiger partial charge in [0.2, 0.25) is 11.8 Å². The predicted molar refractivity (Wildman–Crippen MR) is 142 cm³/mol. The molecule has 204 valence electrons. The van der Waals surface area contributed by atoms with E-state index in [1.807, 2.05) is 24.0 Å². The van der Waals surface area contributed by atoms with Crippen LogP contribution >= 0.6 is 0 Å². The number of carbonyl (C=O) groups is 1. The van der Waals surface area contributed by atoms with Crippen molar-refractivity contribution in [2.75, 3.05) is 31.1 Å². The summed E-state index contributed by atoms with van der Waals surface area (Å²) < 4.78 is 34.0. The van der Waals surface area contributed by atoms with Crippen LogP contribution in [-0.4, -0.2) is 53.1 Å². The van der Waals surface area contributed by atoms with Crippen LogP contribution in [0.25, 0.3) is 0 Å². The van der Waals surface area contributed by atoms with Gasteiger partial charge >= 0.3 is 0 Å². The Morgan fingerprint density at radius 1 is 0.975 bits per heavy atom. The number of ether oxygens (including phenoxy) is 1. The molecule has 0 spiro atoms. The molecule has 1 amide bonds. The smallest absolute Gasteiger partial charge is 0.225 e. The van der Waals surface area contributed by atoms with Crippen molar-refractivity contribution >= 4 is 11.7 Å². The highest BCUT2D eigenvalue weighted by Gasteiger charge is 2.42. The largest absolute Gasteiger partial charge is 0.474 e. The van der Waals surface area contributed by atoms with Crippen molar-refractivity contribution in [3.05, 3.63) is 83.2 Å². The monoisotopic (exact) mass is 542 g/mol. The Kier molecular flexibility index (Phi) is 7.88. The molecule has 3 aromatic rings. The molecule has 0 saturated carbocycles. The number of carbonyl (C=O) groups excluding carboxylic acids is 1. The van der Waals surface area contributed by atoms with Crippen molar-refractivity contribution in [1.82, 2.24) is 14.9 Å². The minimum absolute atomic E-state index is 0.0474. The number of anilines is 1. The van der Waals surface area contributed by atoms with E-state index in [0.717, 1.165) is 11.9 Å². The van der Waals surface area contributed by atoms with E-state index in [4.69, 9.17) is 15.3 Å². The quantitative estimate of drug-likeness (QED) is 0.454. The highest BCUT2D eigenvalue weighted by molar-refractivity contribution is 5.79. The lowest BCUT2D eigenvalue weighted by Crippen LogP contribution is -2.42. The zero-order chi connectivity index (χ0) is 28.2. The second kappa shape index (κ2) is 11.7. The molecule has 0 unspecified atom stereocenters. The minimum atomic E-state index is -0.924. The van der Waals surface area contributed by atoms with Crippen LogP contribution in [0.2, 0.25) is 0 Å². The first-order valence-electron chi connectivity index (χ1n) is 13.2. The summed E-state index contributed by atoms with van der Waals surface area (Å²) in [5.41, 5.74) is 1.53. The van der Waals surface area contributed by atoms with Gasteiger partial charge in [-0.3, -0.25) is 4.79 Å². The lowest BCUT2D eigenvalue weighted by atomic mass is 9.85. The van der Waals surface area contributed by atoms with E-state index in [9.17, 15) is 13.6 Å². The van der Waals surface area contributed by atoms with Gasteiger partial charge in [0.15, 0.2) is 11.6 Å². The third kappa shape index (κ3) is 5.72. The third-order valence-electron chi connectivity index (χ3n) is 7.87. The summed E-state index contributed by atoms with van der Waals surface area (Å²) >= 11 is 0. The van der Waals surface area contributed by atoms with E-state index in [2.05, 4.69) is 20.9 Å². The summed E-state index contributed by atoms with van der Waals surface area (Å²) in [6, 6.07) is 14.8. The minimum Gasteiger partial charge on any atom is -0.474 e. The number of benzene rings is 1. The Balaban J connectivity index is 1.29. The van der Waals surface area contributed by atoms with Crippen molar-refractivity contribution in [2.45, 2.75) is 31.8 Å². The first-order chi connectivity index (χ1) is 19.4. The first-order valence-corrected chi connectivity index (χ1v) is 13.2. The van der Waals surface area contributed by atoms with Crippen LogP contribution in [0.1, 0.15) is 42.4 Å². The molecule has 4 heterocycles. The summed E-state index contributed by atoms with van der Waals surface area (Å²) in [5.74, 6) is -1.25. The fourth-order valence-electron chi connectivity index (χ4n) is 5.63. The number of pyridine rings is 2. The number of aromatic nitrogens is 2. The molecule has 8 nitrogen and oxygen atoms in total. The van der Waals surface area contributed by atoms with Crippen molar-refractivity contribution < 1.29 is 18.3 Å². The maximum Gasteiger partial charge on any atom is 0.225 e. The summed E-state index contributed by atoms with van der Waals surface area (Å²) in [4.78, 5) is 26.2. The molecular weight excluding hydrogens is 514 g/mol. The second-order valence-electron chi connectivity index (χ2n) is 10.3. The summed E-state index contributed by atoms with van der Waals surface area (Å²) in [7, 11) is 0. The number of nitrogens with zero attached hydrogens (tertiary/aromatic N) is 6. The molecule has 10 heteroatoms. The molecular formula is C30H28F2N6O2. The highest BCUT2D eigenvalue weighted by Crippen LogP contribution is 2.38. The molecule has 3 atom stereocenters. The molecule has 2 aromatic heterocycles. The Morgan fingerprint density at radius 2 is 1.68 bits per heavy atom. The molecule has 0 aliphatic carbocycles. The molecule has 1 aromatic carbocycles. The Morgan fingerprint density at radius 3 is 2.27 bits per heavy atom. The van der Waals surface area contributed by atoms with Crippen molar-refractivity contribution in [1.29, 1.82) is 10.5 Å².